The van der Waals surface area contributed by atoms with Crippen molar-refractivity contribution in [2.45, 2.75) is 32.2 Å². The van der Waals surface area contributed by atoms with Gasteiger partial charge in [0.25, 0.3) is 5.91 Å². The Kier molecular flexibility index (Phi) is 8.06. The van der Waals surface area contributed by atoms with Crippen LogP contribution >= 0.6 is 27.3 Å². The minimum atomic E-state index is -0.164. The van der Waals surface area contributed by atoms with Gasteiger partial charge in [0.05, 0.1) is 13.2 Å². The average molecular weight is 542 g/mol. The van der Waals surface area contributed by atoms with Gasteiger partial charge in [-0.3, -0.25) is 9.59 Å². The number of hydrogen-bond acceptors (Lipinski definition) is 4. The van der Waals surface area contributed by atoms with Gasteiger partial charge in [-0.05, 0) is 65.7 Å². The predicted octanol–water partition coefficient (Wildman–Crippen LogP) is 5.94. The minimum Gasteiger partial charge on any atom is -0.497 e. The number of amides is 2. The van der Waals surface area contributed by atoms with Gasteiger partial charge >= 0.3 is 0 Å². The molecule has 0 N–H and O–H groups in total. The van der Waals surface area contributed by atoms with Gasteiger partial charge in [0, 0.05) is 28.0 Å². The summed E-state index contributed by atoms with van der Waals surface area (Å²) in [7, 11) is 1.65. The lowest BCUT2D eigenvalue weighted by Crippen LogP contribution is -2.47. The number of thiophene rings is 1. The number of benzene rings is 2. The Morgan fingerprint density at radius 1 is 1.18 bits per heavy atom. The van der Waals surface area contributed by atoms with Crippen LogP contribution in [0.4, 0.5) is 0 Å². The normalized spacial score (nSPS) is 15.0. The lowest BCUT2D eigenvalue weighted by Gasteiger charge is -2.37. The molecule has 0 saturated heterocycles. The molecule has 2 amide bonds. The monoisotopic (exact) mass is 540 g/mol. The number of halogens is 1. The Labute approximate surface area is 213 Å². The smallest absolute Gasteiger partial charge is 0.254 e. The third-order valence-electron chi connectivity index (χ3n) is 6.18. The van der Waals surface area contributed by atoms with Gasteiger partial charge in [-0.1, -0.05) is 47.5 Å². The molecule has 5 nitrogen and oxygen atoms in total. The van der Waals surface area contributed by atoms with Crippen molar-refractivity contribution in [1.82, 2.24) is 9.80 Å². The van der Waals surface area contributed by atoms with Gasteiger partial charge < -0.3 is 14.5 Å². The molecule has 4 rings (SSSR count). The molecular formula is C27H29BrN2O3S. The molecule has 0 aliphatic carbocycles. The number of carbonyl (C=O) groups is 2. The summed E-state index contributed by atoms with van der Waals surface area (Å²) in [6.45, 7) is 3.34. The topological polar surface area (TPSA) is 49.9 Å². The Bertz CT molecular complexity index is 1140. The predicted molar refractivity (Wildman–Crippen MR) is 140 cm³/mol. The lowest BCUT2D eigenvalue weighted by atomic mass is 9.93. The Morgan fingerprint density at radius 3 is 2.68 bits per heavy atom. The molecule has 1 aliphatic heterocycles. The molecule has 3 aromatic rings. The van der Waals surface area contributed by atoms with Crippen LogP contribution in [0, 0.1) is 0 Å². The van der Waals surface area contributed by atoms with E-state index < -0.39 is 0 Å². The largest absolute Gasteiger partial charge is 0.497 e. The Hall–Kier alpha value is -2.64. The Balaban J connectivity index is 1.61. The zero-order valence-corrected chi connectivity index (χ0v) is 21.9. The fraction of sp³-hybridized carbons (Fsp3) is 0.333. The van der Waals surface area contributed by atoms with Gasteiger partial charge in [-0.25, -0.2) is 0 Å². The van der Waals surface area contributed by atoms with Crippen molar-refractivity contribution in [1.29, 1.82) is 0 Å². The van der Waals surface area contributed by atoms with E-state index in [1.54, 1.807) is 29.4 Å². The number of fused-ring (bicyclic) bond motifs is 1. The Morgan fingerprint density at radius 2 is 1.97 bits per heavy atom. The van der Waals surface area contributed by atoms with Gasteiger partial charge in [0.1, 0.15) is 12.3 Å². The molecule has 34 heavy (non-hydrogen) atoms. The summed E-state index contributed by atoms with van der Waals surface area (Å²) in [6.07, 6.45) is 2.64. The van der Waals surface area contributed by atoms with Gasteiger partial charge in [-0.15, -0.1) is 11.3 Å². The summed E-state index contributed by atoms with van der Waals surface area (Å²) in [5, 5.41) is 2.10. The summed E-state index contributed by atoms with van der Waals surface area (Å²) in [4.78, 5) is 32.0. The highest BCUT2D eigenvalue weighted by Gasteiger charge is 2.34. The summed E-state index contributed by atoms with van der Waals surface area (Å²) < 4.78 is 6.17. The van der Waals surface area contributed by atoms with Crippen LogP contribution < -0.4 is 4.74 Å². The number of rotatable bonds is 8. The zero-order chi connectivity index (χ0) is 24.1. The van der Waals surface area contributed by atoms with Crippen LogP contribution in [-0.4, -0.2) is 48.4 Å². The van der Waals surface area contributed by atoms with Crippen LogP contribution in [-0.2, 0) is 11.2 Å². The third-order valence-corrected chi connectivity index (χ3v) is 7.67. The number of hydrogen-bond donors (Lipinski definition) is 0. The molecule has 178 valence electrons. The van der Waals surface area contributed by atoms with E-state index in [1.165, 1.54) is 10.4 Å². The second-order valence-electron chi connectivity index (χ2n) is 8.40. The van der Waals surface area contributed by atoms with E-state index in [1.807, 2.05) is 47.4 Å². The molecule has 1 aromatic heterocycles. The maximum atomic E-state index is 13.7. The van der Waals surface area contributed by atoms with E-state index in [0.717, 1.165) is 35.0 Å². The van der Waals surface area contributed by atoms with Crippen LogP contribution in [0.1, 0.15) is 52.2 Å². The van der Waals surface area contributed by atoms with E-state index in [-0.39, 0.29) is 24.4 Å². The number of methoxy groups -OCH3 is 1. The summed E-state index contributed by atoms with van der Waals surface area (Å²) in [6, 6.07) is 17.2. The molecule has 0 saturated carbocycles. The third kappa shape index (κ3) is 5.36. The molecule has 0 fully saturated rings. The summed E-state index contributed by atoms with van der Waals surface area (Å²) in [5.41, 5.74) is 2.81. The van der Waals surface area contributed by atoms with Gasteiger partial charge in [0.15, 0.2) is 0 Å². The molecule has 7 heteroatoms. The number of ether oxygens (including phenoxy) is 1. The highest BCUT2D eigenvalue weighted by Crippen LogP contribution is 2.38. The average Bonchev–Trinajstić information content (AvgIpc) is 3.34. The van der Waals surface area contributed by atoms with Crippen molar-refractivity contribution in [3.63, 3.8) is 0 Å². The molecular weight excluding hydrogens is 512 g/mol. The summed E-state index contributed by atoms with van der Waals surface area (Å²) in [5.74, 6) is 0.641. The van der Waals surface area contributed by atoms with Crippen molar-refractivity contribution in [2.75, 3.05) is 26.7 Å². The fourth-order valence-electron chi connectivity index (χ4n) is 4.39. The number of unbranched alkanes of at least 4 members (excludes halogenated alkanes) is 1. The molecule has 1 atom stereocenters. The molecule has 2 aromatic carbocycles. The van der Waals surface area contributed by atoms with Crippen molar-refractivity contribution in [3.05, 3.63) is 86.0 Å². The van der Waals surface area contributed by atoms with E-state index >= 15 is 0 Å². The standard InChI is InChI=1S/C27H29BrN2O3S/c1-3-4-14-29(27(32)20-6-5-7-21(28)17-20)18-25(31)30-15-12-24-23(13-16-34-24)26(30)19-8-10-22(33-2)11-9-19/h5-11,13,16-17,26H,3-4,12,14-15,18H2,1-2H3. The highest BCUT2D eigenvalue weighted by atomic mass is 79.9. The van der Waals surface area contributed by atoms with Crippen LogP contribution in [0.25, 0.3) is 0 Å². The van der Waals surface area contributed by atoms with Crippen LogP contribution in [0.3, 0.4) is 0 Å². The van der Waals surface area contributed by atoms with Gasteiger partial charge in [-0.2, -0.15) is 0 Å². The fourth-order valence-corrected chi connectivity index (χ4v) is 5.69. The van der Waals surface area contributed by atoms with E-state index in [0.29, 0.717) is 18.7 Å². The first-order valence-corrected chi connectivity index (χ1v) is 13.2. The molecule has 1 unspecified atom stereocenters. The lowest BCUT2D eigenvalue weighted by molar-refractivity contribution is -0.134. The molecule has 0 bridgehead atoms. The van der Waals surface area contributed by atoms with E-state index in [9.17, 15) is 9.59 Å². The van der Waals surface area contributed by atoms with Crippen LogP contribution in [0.5, 0.6) is 5.75 Å². The van der Waals surface area contributed by atoms with Crippen molar-refractivity contribution >= 4 is 39.1 Å². The van der Waals surface area contributed by atoms with Crippen molar-refractivity contribution in [3.8, 4) is 5.75 Å². The van der Waals surface area contributed by atoms with E-state index in [2.05, 4.69) is 34.3 Å². The first-order chi connectivity index (χ1) is 16.5. The first kappa shape index (κ1) is 24.5. The minimum absolute atomic E-state index is 0.0304. The van der Waals surface area contributed by atoms with Crippen molar-refractivity contribution < 1.29 is 14.3 Å². The maximum absolute atomic E-state index is 13.7. The van der Waals surface area contributed by atoms with Gasteiger partial charge in [0.2, 0.25) is 5.91 Å². The SMILES string of the molecule is CCCCN(CC(=O)N1CCc2sccc2C1c1ccc(OC)cc1)C(=O)c1cccc(Br)c1. The highest BCUT2D eigenvalue weighted by molar-refractivity contribution is 9.10. The van der Waals surface area contributed by atoms with E-state index in [4.69, 9.17) is 4.74 Å². The number of nitrogens with zero attached hydrogens (tertiary/aromatic N) is 2. The first-order valence-electron chi connectivity index (χ1n) is 11.6. The second-order valence-corrected chi connectivity index (χ2v) is 10.3. The maximum Gasteiger partial charge on any atom is 0.254 e. The van der Waals surface area contributed by atoms with Crippen molar-refractivity contribution in [2.24, 2.45) is 0 Å². The zero-order valence-electron chi connectivity index (χ0n) is 19.5. The molecule has 1 aliphatic rings. The molecule has 2 heterocycles. The number of carbonyl (C=O) groups excluding carboxylic acids is 2. The van der Waals surface area contributed by atoms with Crippen LogP contribution in [0.15, 0.2) is 64.5 Å². The molecule has 0 radical (unpaired) electrons. The van der Waals surface area contributed by atoms with Crippen LogP contribution in [0.2, 0.25) is 0 Å². The second kappa shape index (κ2) is 11.2. The molecule has 0 spiro atoms. The summed E-state index contributed by atoms with van der Waals surface area (Å²) >= 11 is 5.19. The quantitative estimate of drug-likeness (QED) is 0.355.